The lowest BCUT2D eigenvalue weighted by atomic mass is 10.1. The fourth-order valence-corrected chi connectivity index (χ4v) is 5.53. The number of rotatable bonds is 5. The van der Waals surface area contributed by atoms with Gasteiger partial charge >= 0.3 is 0 Å². The third-order valence-electron chi connectivity index (χ3n) is 5.25. The molecule has 0 unspecified atom stereocenters. The van der Waals surface area contributed by atoms with E-state index in [1.807, 2.05) is 42.1 Å². The van der Waals surface area contributed by atoms with Crippen LogP contribution in [-0.2, 0) is 36.6 Å². The van der Waals surface area contributed by atoms with Crippen molar-refractivity contribution < 1.29 is 13.2 Å². The van der Waals surface area contributed by atoms with Crippen molar-refractivity contribution in [1.29, 1.82) is 0 Å². The number of hydrogen-bond acceptors (Lipinski definition) is 4. The maximum absolute atomic E-state index is 13.3. The van der Waals surface area contributed by atoms with Gasteiger partial charge in [-0.3, -0.25) is 4.68 Å². The highest BCUT2D eigenvalue weighted by Crippen LogP contribution is 2.30. The van der Waals surface area contributed by atoms with E-state index in [2.05, 4.69) is 5.10 Å². The molecular weight excluding hydrogens is 410 g/mol. The van der Waals surface area contributed by atoms with E-state index in [0.29, 0.717) is 23.6 Å². The average molecular weight is 432 g/mol. The highest BCUT2D eigenvalue weighted by molar-refractivity contribution is 7.89. The lowest BCUT2D eigenvalue weighted by Crippen LogP contribution is -2.36. The van der Waals surface area contributed by atoms with Gasteiger partial charge in [0, 0.05) is 42.8 Å². The largest absolute Gasteiger partial charge is 0.487 e. The Bertz CT molecular complexity index is 1140. The van der Waals surface area contributed by atoms with Gasteiger partial charge in [-0.1, -0.05) is 35.9 Å². The molecule has 0 N–H and O–H groups in total. The number of hydrogen-bond donors (Lipinski definition) is 0. The van der Waals surface area contributed by atoms with Gasteiger partial charge in [0.2, 0.25) is 10.0 Å². The molecule has 0 bridgehead atoms. The van der Waals surface area contributed by atoms with Gasteiger partial charge in [0.25, 0.3) is 0 Å². The van der Waals surface area contributed by atoms with Crippen molar-refractivity contribution >= 4 is 21.6 Å². The van der Waals surface area contributed by atoms with Crippen LogP contribution >= 0.6 is 11.6 Å². The van der Waals surface area contributed by atoms with Gasteiger partial charge in [-0.25, -0.2) is 8.42 Å². The zero-order chi connectivity index (χ0) is 20.6. The van der Waals surface area contributed by atoms with Crippen LogP contribution in [0.15, 0.2) is 53.4 Å². The van der Waals surface area contributed by atoms with Crippen molar-refractivity contribution in [2.75, 3.05) is 6.54 Å². The molecule has 0 aliphatic carbocycles. The number of aryl methyl sites for hydroxylation is 1. The smallest absolute Gasteiger partial charge is 0.243 e. The van der Waals surface area contributed by atoms with E-state index < -0.39 is 10.0 Å². The van der Waals surface area contributed by atoms with Crippen LogP contribution in [0.1, 0.15) is 22.5 Å². The molecule has 0 atom stereocenters. The van der Waals surface area contributed by atoms with E-state index in [1.165, 1.54) is 4.31 Å². The minimum Gasteiger partial charge on any atom is -0.487 e. The Morgan fingerprint density at radius 1 is 1.14 bits per heavy atom. The number of benzene rings is 2. The third-order valence-corrected chi connectivity index (χ3v) is 7.64. The van der Waals surface area contributed by atoms with Gasteiger partial charge in [0.05, 0.1) is 4.90 Å². The summed E-state index contributed by atoms with van der Waals surface area (Å²) in [6, 6.07) is 14.5. The normalized spacial score (nSPS) is 14.6. The molecule has 4 rings (SSSR count). The predicted molar refractivity (Wildman–Crippen MR) is 111 cm³/mol. The molecule has 2 heterocycles. The standard InChI is InChI=1S/C21H22ClN3O3S/c1-15-18(22)9-6-10-21(15)29(26,27)25-12-11-20-17(13-25)19(23-24(20)2)14-28-16-7-4-3-5-8-16/h3-10H,11-14H2,1-2H3. The first-order valence-corrected chi connectivity index (χ1v) is 11.2. The maximum Gasteiger partial charge on any atom is 0.243 e. The number of halogens is 1. The number of aromatic nitrogens is 2. The van der Waals surface area contributed by atoms with Crippen molar-refractivity contribution in [3.63, 3.8) is 0 Å². The lowest BCUT2D eigenvalue weighted by Gasteiger charge is -2.27. The Hall–Kier alpha value is -2.35. The fraction of sp³-hybridized carbons (Fsp3) is 0.286. The number of para-hydroxylation sites is 1. The Labute approximate surface area is 175 Å². The first-order valence-electron chi connectivity index (χ1n) is 9.34. The van der Waals surface area contributed by atoms with Crippen LogP contribution in [-0.4, -0.2) is 29.0 Å². The first-order chi connectivity index (χ1) is 13.9. The topological polar surface area (TPSA) is 64.4 Å². The van der Waals surface area contributed by atoms with Crippen LogP contribution in [0.25, 0.3) is 0 Å². The lowest BCUT2D eigenvalue weighted by molar-refractivity contribution is 0.296. The van der Waals surface area contributed by atoms with Crippen LogP contribution in [0.4, 0.5) is 0 Å². The SMILES string of the molecule is Cc1c(Cl)cccc1S(=O)(=O)N1CCc2c(c(COc3ccccc3)nn2C)C1. The molecule has 3 aromatic rings. The van der Waals surface area contributed by atoms with Crippen LogP contribution in [0.3, 0.4) is 0 Å². The summed E-state index contributed by atoms with van der Waals surface area (Å²) in [4.78, 5) is 0.249. The number of nitrogens with zero attached hydrogens (tertiary/aromatic N) is 3. The molecule has 0 spiro atoms. The van der Waals surface area contributed by atoms with Gasteiger partial charge in [-0.2, -0.15) is 9.40 Å². The zero-order valence-corrected chi connectivity index (χ0v) is 17.9. The second-order valence-electron chi connectivity index (χ2n) is 7.05. The minimum absolute atomic E-state index is 0.249. The van der Waals surface area contributed by atoms with Crippen LogP contribution in [0.2, 0.25) is 5.02 Å². The second kappa shape index (κ2) is 7.82. The van der Waals surface area contributed by atoms with Crippen molar-refractivity contribution in [1.82, 2.24) is 14.1 Å². The molecule has 0 amide bonds. The minimum atomic E-state index is -3.66. The molecule has 29 heavy (non-hydrogen) atoms. The van der Waals surface area contributed by atoms with Gasteiger partial charge in [0.15, 0.2) is 0 Å². The summed E-state index contributed by atoms with van der Waals surface area (Å²) < 4.78 is 35.7. The van der Waals surface area contributed by atoms with E-state index >= 15 is 0 Å². The number of fused-ring (bicyclic) bond motifs is 1. The summed E-state index contributed by atoms with van der Waals surface area (Å²) >= 11 is 6.16. The molecule has 6 nitrogen and oxygen atoms in total. The molecule has 0 radical (unpaired) electrons. The predicted octanol–water partition coefficient (Wildman–Crippen LogP) is 3.71. The summed E-state index contributed by atoms with van der Waals surface area (Å²) in [6.07, 6.45) is 0.600. The quantitative estimate of drug-likeness (QED) is 0.617. The van der Waals surface area contributed by atoms with Crippen molar-refractivity contribution in [2.24, 2.45) is 7.05 Å². The monoisotopic (exact) mass is 431 g/mol. The number of sulfonamides is 1. The highest BCUT2D eigenvalue weighted by atomic mass is 35.5. The molecule has 1 aromatic heterocycles. The van der Waals surface area contributed by atoms with E-state index in [-0.39, 0.29) is 18.0 Å². The summed E-state index contributed by atoms with van der Waals surface area (Å²) in [7, 11) is -1.78. The van der Waals surface area contributed by atoms with Gasteiger partial charge in [0.1, 0.15) is 18.1 Å². The molecule has 0 saturated carbocycles. The Kier molecular flexibility index (Phi) is 5.38. The van der Waals surface area contributed by atoms with E-state index in [9.17, 15) is 8.42 Å². The van der Waals surface area contributed by atoms with Crippen molar-refractivity contribution in [3.05, 3.63) is 76.1 Å². The summed E-state index contributed by atoms with van der Waals surface area (Å²) in [5, 5.41) is 5.02. The van der Waals surface area contributed by atoms with Gasteiger partial charge in [-0.05, 0) is 36.8 Å². The molecule has 0 fully saturated rings. The van der Waals surface area contributed by atoms with Gasteiger partial charge in [-0.15, -0.1) is 0 Å². The Morgan fingerprint density at radius 2 is 1.90 bits per heavy atom. The summed E-state index contributed by atoms with van der Waals surface area (Å²) in [6.45, 7) is 2.69. The first kappa shape index (κ1) is 19.9. The summed E-state index contributed by atoms with van der Waals surface area (Å²) in [5.74, 6) is 0.752. The molecule has 2 aromatic carbocycles. The van der Waals surface area contributed by atoms with Crippen LogP contribution in [0.5, 0.6) is 5.75 Å². The van der Waals surface area contributed by atoms with Gasteiger partial charge < -0.3 is 4.74 Å². The molecule has 1 aliphatic heterocycles. The highest BCUT2D eigenvalue weighted by Gasteiger charge is 2.33. The van der Waals surface area contributed by atoms with Crippen molar-refractivity contribution in [3.8, 4) is 5.75 Å². The maximum atomic E-state index is 13.3. The average Bonchev–Trinajstić information content (AvgIpc) is 3.04. The molecule has 8 heteroatoms. The van der Waals surface area contributed by atoms with E-state index in [4.69, 9.17) is 16.3 Å². The zero-order valence-electron chi connectivity index (χ0n) is 16.3. The van der Waals surface area contributed by atoms with E-state index in [0.717, 1.165) is 22.7 Å². The summed E-state index contributed by atoms with van der Waals surface area (Å²) in [5.41, 5.74) is 3.29. The van der Waals surface area contributed by atoms with Crippen molar-refractivity contribution in [2.45, 2.75) is 31.4 Å². The Balaban J connectivity index is 1.61. The third kappa shape index (κ3) is 3.77. The fourth-order valence-electron chi connectivity index (χ4n) is 3.64. The van der Waals surface area contributed by atoms with Crippen LogP contribution < -0.4 is 4.74 Å². The second-order valence-corrected chi connectivity index (χ2v) is 9.36. The van der Waals surface area contributed by atoms with Crippen LogP contribution in [0, 0.1) is 6.92 Å². The molecular formula is C21H22ClN3O3S. The molecule has 1 aliphatic rings. The van der Waals surface area contributed by atoms with E-state index in [1.54, 1.807) is 25.1 Å². The number of ether oxygens (including phenoxy) is 1. The molecule has 152 valence electrons. The molecule has 0 saturated heterocycles. The Morgan fingerprint density at radius 3 is 2.66 bits per heavy atom.